The molecule has 0 atom stereocenters. The van der Waals surface area contributed by atoms with E-state index in [-0.39, 0.29) is 22.7 Å². The number of furan rings is 1. The van der Waals surface area contributed by atoms with Crippen LogP contribution in [0.1, 0.15) is 16.1 Å². The molecule has 5 nitrogen and oxygen atoms in total. The van der Waals surface area contributed by atoms with Gasteiger partial charge in [0.1, 0.15) is 5.69 Å². The number of benzene rings is 1. The first-order chi connectivity index (χ1) is 10.9. The Morgan fingerprint density at radius 1 is 1.17 bits per heavy atom. The van der Waals surface area contributed by atoms with Gasteiger partial charge in [-0.2, -0.15) is 18.3 Å². The lowest BCUT2D eigenvalue weighted by atomic mass is 10.2. The van der Waals surface area contributed by atoms with Gasteiger partial charge >= 0.3 is 12.1 Å². The van der Waals surface area contributed by atoms with E-state index in [2.05, 4.69) is 5.10 Å². The summed E-state index contributed by atoms with van der Waals surface area (Å²) in [5.41, 5.74) is -0.891. The minimum Gasteiger partial charge on any atom is -0.478 e. The van der Waals surface area contributed by atoms with E-state index in [9.17, 15) is 18.0 Å². The van der Waals surface area contributed by atoms with Crippen LogP contribution in [0.25, 0.3) is 17.1 Å². The first-order valence-electron chi connectivity index (χ1n) is 6.41. The van der Waals surface area contributed by atoms with Crippen LogP contribution in [-0.2, 0) is 6.18 Å². The van der Waals surface area contributed by atoms with Crippen LogP contribution in [0.15, 0.2) is 53.1 Å². The summed E-state index contributed by atoms with van der Waals surface area (Å²) in [6.45, 7) is 0. The quantitative estimate of drug-likeness (QED) is 0.795. The number of carbonyl (C=O) groups is 1. The Balaban J connectivity index is 2.20. The van der Waals surface area contributed by atoms with Crippen molar-refractivity contribution in [2.45, 2.75) is 6.18 Å². The first kappa shape index (κ1) is 14.9. The molecule has 0 spiro atoms. The molecule has 0 aliphatic carbocycles. The van der Waals surface area contributed by atoms with Crippen molar-refractivity contribution in [3.63, 3.8) is 0 Å². The number of aromatic carboxylic acids is 1. The molecule has 1 aromatic carbocycles. The molecule has 0 bridgehead atoms. The van der Waals surface area contributed by atoms with Gasteiger partial charge in [-0.25, -0.2) is 9.48 Å². The Bertz CT molecular complexity index is 851. The molecule has 2 heterocycles. The summed E-state index contributed by atoms with van der Waals surface area (Å²) in [6, 6.07) is 9.36. The van der Waals surface area contributed by atoms with Gasteiger partial charge in [-0.05, 0) is 30.3 Å². The van der Waals surface area contributed by atoms with Gasteiger partial charge in [-0.1, -0.05) is 6.07 Å². The topological polar surface area (TPSA) is 68.3 Å². The molecule has 8 heteroatoms. The fourth-order valence-corrected chi connectivity index (χ4v) is 2.09. The van der Waals surface area contributed by atoms with Gasteiger partial charge in [-0.3, -0.25) is 0 Å². The number of halogens is 3. The number of carboxylic acid groups (broad SMARTS) is 1. The van der Waals surface area contributed by atoms with Gasteiger partial charge in [0.25, 0.3) is 0 Å². The second-order valence-corrected chi connectivity index (χ2v) is 4.66. The third-order valence-electron chi connectivity index (χ3n) is 3.11. The minimum absolute atomic E-state index is 0.0584. The van der Waals surface area contributed by atoms with Crippen LogP contribution in [0, 0.1) is 0 Å². The van der Waals surface area contributed by atoms with Gasteiger partial charge in [0.15, 0.2) is 11.5 Å². The Kier molecular flexibility index (Phi) is 3.44. The number of hydrogen-bond acceptors (Lipinski definition) is 3. The van der Waals surface area contributed by atoms with Crippen molar-refractivity contribution in [2.24, 2.45) is 0 Å². The smallest absolute Gasteiger partial charge is 0.435 e. The van der Waals surface area contributed by atoms with Crippen LogP contribution in [0.3, 0.4) is 0 Å². The molecule has 0 radical (unpaired) electrons. The largest absolute Gasteiger partial charge is 0.478 e. The van der Waals surface area contributed by atoms with Crippen molar-refractivity contribution >= 4 is 5.97 Å². The molecule has 0 saturated heterocycles. The number of aromatic nitrogens is 2. The summed E-state index contributed by atoms with van der Waals surface area (Å²) in [7, 11) is 0. The van der Waals surface area contributed by atoms with Crippen molar-refractivity contribution in [3.05, 3.63) is 60.0 Å². The SMILES string of the molecule is O=C(O)c1cccc(-n2nc(C(F)(F)F)cc2-c2ccco2)c1. The average molecular weight is 322 g/mol. The molecule has 0 aliphatic heterocycles. The lowest BCUT2D eigenvalue weighted by molar-refractivity contribution is -0.141. The van der Waals surface area contributed by atoms with E-state index in [1.54, 1.807) is 0 Å². The molecule has 23 heavy (non-hydrogen) atoms. The van der Waals surface area contributed by atoms with Crippen molar-refractivity contribution in [2.75, 3.05) is 0 Å². The molecular formula is C15H9F3N2O3. The third kappa shape index (κ3) is 2.83. The van der Waals surface area contributed by atoms with Gasteiger partial charge < -0.3 is 9.52 Å². The monoisotopic (exact) mass is 322 g/mol. The van der Waals surface area contributed by atoms with Crippen molar-refractivity contribution in [1.29, 1.82) is 0 Å². The summed E-state index contributed by atoms with van der Waals surface area (Å²) in [4.78, 5) is 11.0. The third-order valence-corrected chi connectivity index (χ3v) is 3.11. The van der Waals surface area contributed by atoms with E-state index in [0.717, 1.165) is 10.7 Å². The maximum Gasteiger partial charge on any atom is 0.435 e. The van der Waals surface area contributed by atoms with E-state index >= 15 is 0 Å². The van der Waals surface area contributed by atoms with E-state index < -0.39 is 17.8 Å². The first-order valence-corrected chi connectivity index (χ1v) is 6.41. The highest BCUT2D eigenvalue weighted by molar-refractivity contribution is 5.88. The zero-order valence-electron chi connectivity index (χ0n) is 11.4. The Labute approximate surface area is 127 Å². The Hall–Kier alpha value is -3.03. The van der Waals surface area contributed by atoms with Gasteiger partial charge in [0.05, 0.1) is 17.5 Å². The van der Waals surface area contributed by atoms with E-state index in [4.69, 9.17) is 9.52 Å². The predicted molar refractivity (Wildman–Crippen MR) is 73.2 cm³/mol. The fraction of sp³-hybridized carbons (Fsp3) is 0.0667. The van der Waals surface area contributed by atoms with Gasteiger partial charge in [-0.15, -0.1) is 0 Å². The highest BCUT2D eigenvalue weighted by atomic mass is 19.4. The zero-order valence-corrected chi connectivity index (χ0v) is 11.4. The molecule has 0 unspecified atom stereocenters. The number of nitrogens with zero attached hydrogens (tertiary/aromatic N) is 2. The summed E-state index contributed by atoms with van der Waals surface area (Å²) < 4.78 is 45.0. The van der Waals surface area contributed by atoms with Crippen LogP contribution in [0.4, 0.5) is 13.2 Å². The number of rotatable bonds is 3. The fourth-order valence-electron chi connectivity index (χ4n) is 2.09. The second-order valence-electron chi connectivity index (χ2n) is 4.66. The highest BCUT2D eigenvalue weighted by Gasteiger charge is 2.35. The van der Waals surface area contributed by atoms with Crippen LogP contribution < -0.4 is 0 Å². The molecule has 3 rings (SSSR count). The Morgan fingerprint density at radius 2 is 1.96 bits per heavy atom. The summed E-state index contributed by atoms with van der Waals surface area (Å²) in [5.74, 6) is -0.997. The van der Waals surface area contributed by atoms with Gasteiger partial charge in [0.2, 0.25) is 0 Å². The number of alkyl halides is 3. The van der Waals surface area contributed by atoms with Crippen molar-refractivity contribution in [3.8, 4) is 17.1 Å². The molecular weight excluding hydrogens is 313 g/mol. The Morgan fingerprint density at radius 3 is 2.57 bits per heavy atom. The molecule has 0 saturated carbocycles. The lowest BCUT2D eigenvalue weighted by Gasteiger charge is -2.06. The summed E-state index contributed by atoms with van der Waals surface area (Å²) in [5, 5.41) is 12.6. The van der Waals surface area contributed by atoms with Gasteiger partial charge in [0, 0.05) is 6.07 Å². The van der Waals surface area contributed by atoms with Crippen LogP contribution in [-0.4, -0.2) is 20.9 Å². The zero-order chi connectivity index (χ0) is 16.6. The normalized spacial score (nSPS) is 11.6. The second kappa shape index (κ2) is 5.31. The molecule has 0 fully saturated rings. The molecule has 0 aliphatic rings. The molecule has 3 aromatic rings. The molecule has 2 aromatic heterocycles. The standard InChI is InChI=1S/C15H9F3N2O3/c16-15(17,18)13-8-11(12-5-2-6-23-12)20(19-13)10-4-1-3-9(7-10)14(21)22/h1-8H,(H,21,22). The summed E-state index contributed by atoms with van der Waals surface area (Å²) in [6.07, 6.45) is -3.30. The molecule has 118 valence electrons. The minimum atomic E-state index is -4.63. The molecule has 1 N–H and O–H groups in total. The van der Waals surface area contributed by atoms with Crippen molar-refractivity contribution in [1.82, 2.24) is 9.78 Å². The predicted octanol–water partition coefficient (Wildman–Crippen LogP) is 3.85. The lowest BCUT2D eigenvalue weighted by Crippen LogP contribution is -2.08. The number of hydrogen-bond donors (Lipinski definition) is 1. The maximum atomic E-state index is 12.9. The van der Waals surface area contributed by atoms with Crippen LogP contribution >= 0.6 is 0 Å². The maximum absolute atomic E-state index is 12.9. The summed E-state index contributed by atoms with van der Waals surface area (Å²) >= 11 is 0. The van der Waals surface area contributed by atoms with E-state index in [0.29, 0.717) is 0 Å². The molecule has 0 amide bonds. The average Bonchev–Trinajstić information content (AvgIpc) is 3.15. The highest BCUT2D eigenvalue weighted by Crippen LogP contribution is 2.33. The number of carboxylic acids is 1. The van der Waals surface area contributed by atoms with E-state index in [1.807, 2.05) is 0 Å². The van der Waals surface area contributed by atoms with E-state index in [1.165, 1.54) is 42.7 Å². The van der Waals surface area contributed by atoms with Crippen LogP contribution in [0.5, 0.6) is 0 Å². The van der Waals surface area contributed by atoms with Crippen LogP contribution in [0.2, 0.25) is 0 Å². The van der Waals surface area contributed by atoms with Crippen molar-refractivity contribution < 1.29 is 27.5 Å².